The molecule has 1 aromatic rings. The molecule has 0 bridgehead atoms. The summed E-state index contributed by atoms with van der Waals surface area (Å²) < 4.78 is 0. The molecule has 0 aromatic carbocycles. The number of rotatable bonds is 4. The third-order valence-corrected chi connectivity index (χ3v) is 1.25. The number of imidazole rings is 1. The molecule has 1 rings (SSSR count). The summed E-state index contributed by atoms with van der Waals surface area (Å²) >= 11 is 0. The van der Waals surface area contributed by atoms with Crippen LogP contribution in [-0.2, 0) is 0 Å². The van der Waals surface area contributed by atoms with Crippen molar-refractivity contribution in [3.05, 3.63) is 34.7 Å². The third kappa shape index (κ3) is 2.90. The molecule has 0 atom stereocenters. The van der Waals surface area contributed by atoms with Crippen LogP contribution in [0.15, 0.2) is 23.6 Å². The van der Waals surface area contributed by atoms with Gasteiger partial charge in [-0.3, -0.25) is 0 Å². The maximum atomic E-state index is 7.97. The lowest BCUT2D eigenvalue weighted by molar-refractivity contribution is 0.994. The van der Waals surface area contributed by atoms with Gasteiger partial charge in [-0.05, 0) is 18.0 Å². The predicted molar refractivity (Wildman–Crippen MR) is 46.3 cm³/mol. The van der Waals surface area contributed by atoms with Gasteiger partial charge in [0.05, 0.1) is 0 Å². The number of azide groups is 1. The van der Waals surface area contributed by atoms with E-state index in [0.29, 0.717) is 6.54 Å². The van der Waals surface area contributed by atoms with Crippen molar-refractivity contribution >= 4 is 6.08 Å². The molecule has 1 N–H and O–H groups in total. The van der Waals surface area contributed by atoms with Gasteiger partial charge in [0.2, 0.25) is 0 Å². The molecule has 0 aliphatic heterocycles. The number of aromatic nitrogens is 2. The van der Waals surface area contributed by atoms with Crippen LogP contribution >= 0.6 is 0 Å². The first-order valence-electron chi connectivity index (χ1n) is 3.60. The fourth-order valence-corrected chi connectivity index (χ4v) is 0.741. The summed E-state index contributed by atoms with van der Waals surface area (Å²) in [6, 6.07) is 0. The highest BCUT2D eigenvalue weighted by atomic mass is 15.1. The number of hydrogen-bond acceptors (Lipinski definition) is 2. The molecular formula is C7H9N5. The minimum atomic E-state index is 0.494. The monoisotopic (exact) mass is 163 g/mol. The maximum Gasteiger partial charge on any atom is 0.129 e. The Bertz CT molecular complexity index is 281. The van der Waals surface area contributed by atoms with Crippen LogP contribution in [0.1, 0.15) is 12.2 Å². The Morgan fingerprint density at radius 1 is 1.75 bits per heavy atom. The zero-order valence-corrected chi connectivity index (χ0v) is 6.51. The van der Waals surface area contributed by atoms with Gasteiger partial charge in [-0.15, -0.1) is 0 Å². The molecule has 5 nitrogen and oxygen atoms in total. The number of hydrogen-bond donors (Lipinski definition) is 1. The normalized spacial score (nSPS) is 10.0. The Morgan fingerprint density at radius 3 is 3.33 bits per heavy atom. The van der Waals surface area contributed by atoms with Crippen LogP contribution in [0.2, 0.25) is 0 Å². The second-order valence-electron chi connectivity index (χ2n) is 2.12. The molecular weight excluding hydrogens is 154 g/mol. The lowest BCUT2D eigenvalue weighted by atomic mass is 10.4. The topological polar surface area (TPSA) is 77.4 Å². The zero-order chi connectivity index (χ0) is 8.65. The number of nitrogens with zero attached hydrogens (tertiary/aromatic N) is 4. The van der Waals surface area contributed by atoms with Gasteiger partial charge in [0, 0.05) is 23.9 Å². The van der Waals surface area contributed by atoms with Crippen LogP contribution < -0.4 is 0 Å². The maximum absolute atomic E-state index is 7.97. The Hall–Kier alpha value is -1.74. The Balaban J connectivity index is 2.27. The van der Waals surface area contributed by atoms with Crippen molar-refractivity contribution in [2.45, 2.75) is 6.42 Å². The van der Waals surface area contributed by atoms with Gasteiger partial charge in [0.25, 0.3) is 0 Å². The summed E-state index contributed by atoms with van der Waals surface area (Å²) in [5, 5.41) is 3.39. The molecule has 0 aliphatic rings. The number of H-pyrrole nitrogens is 1. The summed E-state index contributed by atoms with van der Waals surface area (Å²) in [5.74, 6) is 0.816. The van der Waals surface area contributed by atoms with Gasteiger partial charge < -0.3 is 4.98 Å². The molecule has 1 aromatic heterocycles. The first-order valence-corrected chi connectivity index (χ1v) is 3.60. The molecule has 0 saturated heterocycles. The van der Waals surface area contributed by atoms with E-state index in [4.69, 9.17) is 5.53 Å². The van der Waals surface area contributed by atoms with E-state index < -0.39 is 0 Å². The van der Waals surface area contributed by atoms with E-state index in [-0.39, 0.29) is 0 Å². The largest absolute Gasteiger partial charge is 0.345 e. The first kappa shape index (κ1) is 8.36. The van der Waals surface area contributed by atoms with E-state index in [9.17, 15) is 0 Å². The smallest absolute Gasteiger partial charge is 0.129 e. The van der Waals surface area contributed by atoms with Crippen LogP contribution in [-0.4, -0.2) is 16.5 Å². The summed E-state index contributed by atoms with van der Waals surface area (Å²) in [7, 11) is 0. The fourth-order valence-electron chi connectivity index (χ4n) is 0.741. The van der Waals surface area contributed by atoms with Crippen molar-refractivity contribution in [2.75, 3.05) is 6.54 Å². The quantitative estimate of drug-likeness (QED) is 0.314. The van der Waals surface area contributed by atoms with Crippen molar-refractivity contribution in [3.63, 3.8) is 0 Å². The van der Waals surface area contributed by atoms with E-state index in [2.05, 4.69) is 20.0 Å². The molecule has 0 spiro atoms. The van der Waals surface area contributed by atoms with E-state index in [0.717, 1.165) is 12.2 Å². The average Bonchev–Trinajstić information content (AvgIpc) is 2.57. The van der Waals surface area contributed by atoms with Gasteiger partial charge in [-0.2, -0.15) is 0 Å². The van der Waals surface area contributed by atoms with Crippen molar-refractivity contribution < 1.29 is 0 Å². The SMILES string of the molecule is [N-]=[N+]=NCCC=Cc1ncc[nH]1. The van der Waals surface area contributed by atoms with Crippen molar-refractivity contribution in [2.24, 2.45) is 5.11 Å². The predicted octanol–water partition coefficient (Wildman–Crippen LogP) is 2.12. The molecule has 0 aliphatic carbocycles. The van der Waals surface area contributed by atoms with Gasteiger partial charge in [0.15, 0.2) is 0 Å². The van der Waals surface area contributed by atoms with E-state index in [1.54, 1.807) is 12.4 Å². The summed E-state index contributed by atoms with van der Waals surface area (Å²) in [4.78, 5) is 9.55. The molecule has 5 heteroatoms. The van der Waals surface area contributed by atoms with Crippen LogP contribution in [0.4, 0.5) is 0 Å². The zero-order valence-electron chi connectivity index (χ0n) is 6.51. The van der Waals surface area contributed by atoms with Gasteiger partial charge in [-0.25, -0.2) is 4.98 Å². The molecule has 0 radical (unpaired) electrons. The minimum Gasteiger partial charge on any atom is -0.345 e. The highest BCUT2D eigenvalue weighted by molar-refractivity contribution is 5.38. The van der Waals surface area contributed by atoms with Gasteiger partial charge in [0.1, 0.15) is 5.82 Å². The molecule has 12 heavy (non-hydrogen) atoms. The lowest BCUT2D eigenvalue weighted by Gasteiger charge is -1.83. The van der Waals surface area contributed by atoms with Crippen LogP contribution in [0.25, 0.3) is 16.5 Å². The van der Waals surface area contributed by atoms with E-state index in [1.807, 2.05) is 12.2 Å². The number of aromatic amines is 1. The average molecular weight is 163 g/mol. The first-order chi connectivity index (χ1) is 5.93. The molecule has 0 fully saturated rings. The third-order valence-electron chi connectivity index (χ3n) is 1.25. The second kappa shape index (κ2) is 4.98. The van der Waals surface area contributed by atoms with E-state index >= 15 is 0 Å². The molecule has 0 amide bonds. The van der Waals surface area contributed by atoms with Crippen LogP contribution in [0, 0.1) is 0 Å². The Morgan fingerprint density at radius 2 is 2.67 bits per heavy atom. The van der Waals surface area contributed by atoms with Crippen LogP contribution in [0.3, 0.4) is 0 Å². The van der Waals surface area contributed by atoms with Gasteiger partial charge in [-0.1, -0.05) is 11.2 Å². The van der Waals surface area contributed by atoms with Crippen LogP contribution in [0.5, 0.6) is 0 Å². The molecule has 0 unspecified atom stereocenters. The number of nitrogens with one attached hydrogen (secondary N) is 1. The second-order valence-corrected chi connectivity index (χ2v) is 2.12. The molecule has 1 heterocycles. The lowest BCUT2D eigenvalue weighted by Crippen LogP contribution is -1.75. The van der Waals surface area contributed by atoms with Crippen molar-refractivity contribution in [3.8, 4) is 0 Å². The highest BCUT2D eigenvalue weighted by Gasteiger charge is 1.83. The molecule has 0 saturated carbocycles. The summed E-state index contributed by atoms with van der Waals surface area (Å²) in [6.45, 7) is 0.494. The summed E-state index contributed by atoms with van der Waals surface area (Å²) in [6.07, 6.45) is 7.95. The standard InChI is InChI=1S/C7H9N5/c8-12-11-4-2-1-3-7-9-5-6-10-7/h1,3,5-6H,2,4H2,(H,9,10). The molecule has 62 valence electrons. The summed E-state index contributed by atoms with van der Waals surface area (Å²) in [5.41, 5.74) is 7.97. The fraction of sp³-hybridized carbons (Fsp3) is 0.286. The minimum absolute atomic E-state index is 0.494. The van der Waals surface area contributed by atoms with Crippen molar-refractivity contribution in [1.82, 2.24) is 9.97 Å². The van der Waals surface area contributed by atoms with Gasteiger partial charge >= 0.3 is 0 Å². The Labute approximate surface area is 69.8 Å². The van der Waals surface area contributed by atoms with E-state index in [1.165, 1.54) is 0 Å². The Kier molecular flexibility index (Phi) is 3.47. The van der Waals surface area contributed by atoms with Crippen molar-refractivity contribution in [1.29, 1.82) is 0 Å². The highest BCUT2D eigenvalue weighted by Crippen LogP contribution is 1.94.